The molecule has 4 bridgehead atoms. The van der Waals surface area contributed by atoms with Crippen LogP contribution in [-0.4, -0.2) is 18.0 Å². The minimum absolute atomic E-state index is 0.105. The summed E-state index contributed by atoms with van der Waals surface area (Å²) in [5.74, 6) is 1.57. The molecule has 3 aliphatic carbocycles. The Kier molecular flexibility index (Phi) is 4.91. The molecular weight excluding hydrogens is 390 g/mol. The van der Waals surface area contributed by atoms with E-state index in [1.54, 1.807) is 11.1 Å². The number of ether oxygens (including phenoxy) is 1. The first-order valence-electron chi connectivity index (χ1n) is 12.1. The van der Waals surface area contributed by atoms with Gasteiger partial charge < -0.3 is 4.74 Å². The Morgan fingerprint density at radius 3 is 2.78 bits per heavy atom. The maximum Gasteiger partial charge on any atom is 0.115 e. The van der Waals surface area contributed by atoms with Crippen molar-refractivity contribution in [2.45, 2.75) is 50.7 Å². The van der Waals surface area contributed by atoms with Gasteiger partial charge in [0.25, 0.3) is 0 Å². The summed E-state index contributed by atoms with van der Waals surface area (Å²) in [6.45, 7) is 6.41. The van der Waals surface area contributed by atoms with Crippen molar-refractivity contribution >= 4 is 10.8 Å². The van der Waals surface area contributed by atoms with Gasteiger partial charge in [0.1, 0.15) is 12.4 Å². The van der Waals surface area contributed by atoms with Crippen LogP contribution in [0.5, 0.6) is 0 Å². The molecule has 2 nitrogen and oxygen atoms in total. The number of hydrogen-bond donors (Lipinski definition) is 0. The average molecular weight is 422 g/mol. The van der Waals surface area contributed by atoms with E-state index >= 15 is 0 Å². The van der Waals surface area contributed by atoms with E-state index in [9.17, 15) is 0 Å². The highest BCUT2D eigenvalue weighted by Crippen LogP contribution is 2.53. The van der Waals surface area contributed by atoms with Gasteiger partial charge >= 0.3 is 0 Å². The molecule has 1 heterocycles. The summed E-state index contributed by atoms with van der Waals surface area (Å²) in [7, 11) is 0. The molecule has 0 N–H and O–H groups in total. The second-order valence-corrected chi connectivity index (χ2v) is 9.71. The Hall–Kier alpha value is -2.84. The number of allylic oxidation sites excluding steroid dienone is 3. The van der Waals surface area contributed by atoms with Crippen LogP contribution in [0.25, 0.3) is 10.8 Å². The molecule has 2 heteroatoms. The van der Waals surface area contributed by atoms with E-state index in [2.05, 4.69) is 90.7 Å². The van der Waals surface area contributed by atoms with E-state index in [1.165, 1.54) is 47.8 Å². The van der Waals surface area contributed by atoms with Gasteiger partial charge in [-0.25, -0.2) is 0 Å². The van der Waals surface area contributed by atoms with Crippen molar-refractivity contribution < 1.29 is 4.74 Å². The highest BCUT2D eigenvalue weighted by atomic mass is 16.5. The molecule has 0 aromatic heterocycles. The average Bonchev–Trinajstić information content (AvgIpc) is 2.85. The van der Waals surface area contributed by atoms with Crippen molar-refractivity contribution in [3.63, 3.8) is 0 Å². The van der Waals surface area contributed by atoms with Gasteiger partial charge in [0.15, 0.2) is 0 Å². The second-order valence-electron chi connectivity index (χ2n) is 9.71. The number of benzene rings is 3. The summed E-state index contributed by atoms with van der Waals surface area (Å²) in [5.41, 5.74) is 5.94. The Balaban J connectivity index is 1.18. The van der Waals surface area contributed by atoms with Crippen molar-refractivity contribution in [1.82, 2.24) is 4.90 Å². The van der Waals surface area contributed by atoms with Crippen LogP contribution in [0.4, 0.5) is 0 Å². The second kappa shape index (κ2) is 7.94. The summed E-state index contributed by atoms with van der Waals surface area (Å²) in [6.07, 6.45) is 10.6. The largest absolute Gasteiger partial charge is 0.489 e. The molecule has 0 fully saturated rings. The fourth-order valence-corrected chi connectivity index (χ4v) is 5.94. The summed E-state index contributed by atoms with van der Waals surface area (Å²) in [4.78, 5) is 2.67. The number of rotatable bonds is 6. The quantitative estimate of drug-likeness (QED) is 0.431. The van der Waals surface area contributed by atoms with Crippen LogP contribution >= 0.6 is 0 Å². The third-order valence-electron chi connectivity index (χ3n) is 7.75. The van der Waals surface area contributed by atoms with Gasteiger partial charge in [-0.3, -0.25) is 4.90 Å². The first-order chi connectivity index (χ1) is 15.7. The summed E-state index contributed by atoms with van der Waals surface area (Å²) < 4.78 is 6.22. The van der Waals surface area contributed by atoms with Crippen molar-refractivity contribution in [1.29, 1.82) is 0 Å². The van der Waals surface area contributed by atoms with E-state index < -0.39 is 0 Å². The minimum atomic E-state index is 0.105. The van der Waals surface area contributed by atoms with Crippen molar-refractivity contribution in [2.75, 3.05) is 13.1 Å². The van der Waals surface area contributed by atoms with E-state index in [1.807, 2.05) is 0 Å². The van der Waals surface area contributed by atoms with Crippen LogP contribution in [0.1, 0.15) is 54.4 Å². The van der Waals surface area contributed by atoms with Crippen LogP contribution in [0.2, 0.25) is 0 Å². The fraction of sp³-hybridized carbons (Fsp3) is 0.333. The fourth-order valence-electron chi connectivity index (χ4n) is 5.94. The van der Waals surface area contributed by atoms with Gasteiger partial charge in [-0.05, 0) is 70.6 Å². The van der Waals surface area contributed by atoms with Crippen molar-refractivity contribution in [2.24, 2.45) is 0 Å². The molecular formula is C30H31NO. The number of nitrogens with zero attached hydrogens (tertiary/aromatic N) is 1. The number of hydrogen-bond acceptors (Lipinski definition) is 2. The summed E-state index contributed by atoms with van der Waals surface area (Å²) in [6, 6.07) is 22.3. The zero-order valence-corrected chi connectivity index (χ0v) is 18.9. The molecule has 0 radical (unpaired) electrons. The van der Waals surface area contributed by atoms with Crippen LogP contribution in [0.15, 0.2) is 84.7 Å². The number of unbranched alkanes of at least 4 members (excludes halogenated alkanes) is 1. The highest BCUT2D eigenvalue weighted by Gasteiger charge is 2.46. The maximum atomic E-state index is 6.22. The predicted octanol–water partition coefficient (Wildman–Crippen LogP) is 6.85. The molecule has 2 unspecified atom stereocenters. The Labute approximate surface area is 191 Å². The molecule has 1 spiro atoms. The lowest BCUT2D eigenvalue weighted by Gasteiger charge is -2.50. The molecule has 3 aromatic rings. The third-order valence-corrected chi connectivity index (χ3v) is 7.75. The summed E-state index contributed by atoms with van der Waals surface area (Å²) in [5, 5.41) is 2.55. The molecule has 32 heavy (non-hydrogen) atoms. The zero-order chi connectivity index (χ0) is 21.5. The van der Waals surface area contributed by atoms with Gasteiger partial charge in [0.05, 0.1) is 0 Å². The molecule has 3 aromatic carbocycles. The van der Waals surface area contributed by atoms with Crippen LogP contribution in [0.3, 0.4) is 0 Å². The molecule has 7 rings (SSSR count). The first-order valence-corrected chi connectivity index (χ1v) is 12.1. The van der Waals surface area contributed by atoms with Crippen LogP contribution in [-0.2, 0) is 23.3 Å². The Bertz CT molecular complexity index is 1220. The Morgan fingerprint density at radius 1 is 1.03 bits per heavy atom. The molecule has 162 valence electrons. The molecule has 0 saturated carbocycles. The highest BCUT2D eigenvalue weighted by molar-refractivity contribution is 5.82. The van der Waals surface area contributed by atoms with Gasteiger partial charge in [0, 0.05) is 24.4 Å². The molecule has 4 aliphatic rings. The van der Waals surface area contributed by atoms with Gasteiger partial charge in [-0.15, -0.1) is 0 Å². The standard InChI is InChI=1S/C30H31NO/c1-2-3-16-31-19-25-18-26-10-11-28(25)29(20-31)30(26)14-12-27(13-15-30)32-21-22-8-9-23-6-4-5-7-24(23)17-22/h4-14,17-18,29H,2-3,15-16,19-21H2,1H3. The number of fused-ring (bicyclic) bond motifs is 2. The lowest BCUT2D eigenvalue weighted by molar-refractivity contribution is 0.182. The molecule has 0 saturated heterocycles. The van der Waals surface area contributed by atoms with Gasteiger partial charge in [-0.2, -0.15) is 0 Å². The SMILES string of the molecule is CCCCN1Cc2cc3ccc2C(C1)C31C=CC(OCc2ccc3ccccc3c2)=CC1. The lowest BCUT2D eigenvalue weighted by atomic mass is 9.58. The van der Waals surface area contributed by atoms with E-state index in [4.69, 9.17) is 4.74 Å². The molecule has 1 aliphatic heterocycles. The topological polar surface area (TPSA) is 12.5 Å². The van der Waals surface area contributed by atoms with E-state index in [0.717, 1.165) is 18.7 Å². The smallest absolute Gasteiger partial charge is 0.115 e. The minimum Gasteiger partial charge on any atom is -0.489 e. The predicted molar refractivity (Wildman–Crippen MR) is 132 cm³/mol. The maximum absolute atomic E-state index is 6.22. The molecule has 0 amide bonds. The Morgan fingerprint density at radius 2 is 1.94 bits per heavy atom. The van der Waals surface area contributed by atoms with Crippen LogP contribution < -0.4 is 0 Å². The van der Waals surface area contributed by atoms with E-state index in [0.29, 0.717) is 12.5 Å². The summed E-state index contributed by atoms with van der Waals surface area (Å²) >= 11 is 0. The molecule has 2 atom stereocenters. The van der Waals surface area contributed by atoms with Gasteiger partial charge in [0.2, 0.25) is 0 Å². The third kappa shape index (κ3) is 3.29. The zero-order valence-electron chi connectivity index (χ0n) is 18.9. The first kappa shape index (κ1) is 19.8. The van der Waals surface area contributed by atoms with Crippen LogP contribution in [0, 0.1) is 0 Å². The van der Waals surface area contributed by atoms with Crippen molar-refractivity contribution in [3.05, 3.63) is 107 Å². The lowest BCUT2D eigenvalue weighted by Crippen LogP contribution is -2.47. The van der Waals surface area contributed by atoms with Gasteiger partial charge in [-0.1, -0.05) is 74.0 Å². The van der Waals surface area contributed by atoms with Crippen molar-refractivity contribution in [3.8, 4) is 0 Å². The monoisotopic (exact) mass is 421 g/mol. The van der Waals surface area contributed by atoms with E-state index in [-0.39, 0.29) is 5.41 Å². The normalized spacial score (nSPS) is 23.7.